The third kappa shape index (κ3) is 4.44. The number of imide groups is 1. The van der Waals surface area contributed by atoms with Gasteiger partial charge in [0.25, 0.3) is 17.5 Å². The molecule has 2 aliphatic rings. The lowest BCUT2D eigenvalue weighted by Gasteiger charge is -2.32. The molecule has 2 heterocycles. The molecule has 0 aliphatic carbocycles. The number of nitrogens with zero attached hydrogens (tertiary/aromatic N) is 3. The third-order valence-electron chi connectivity index (χ3n) is 6.20. The van der Waals surface area contributed by atoms with Crippen molar-refractivity contribution in [3.05, 3.63) is 69.3 Å². The van der Waals surface area contributed by atoms with Gasteiger partial charge in [-0.25, -0.2) is 0 Å². The van der Waals surface area contributed by atoms with E-state index in [0.717, 1.165) is 44.6 Å². The lowest BCUT2D eigenvalue weighted by Crippen LogP contribution is -2.36. The average Bonchev–Trinajstić information content (AvgIpc) is 3.03. The molecule has 8 heteroatoms. The van der Waals surface area contributed by atoms with Crippen molar-refractivity contribution in [3.8, 4) is 5.75 Å². The van der Waals surface area contributed by atoms with E-state index in [-0.39, 0.29) is 22.7 Å². The molecule has 0 N–H and O–H groups in total. The van der Waals surface area contributed by atoms with Gasteiger partial charge >= 0.3 is 0 Å². The zero-order valence-corrected chi connectivity index (χ0v) is 17.5. The van der Waals surface area contributed by atoms with Crippen LogP contribution in [0.3, 0.4) is 0 Å². The number of hydrogen-bond acceptors (Lipinski definition) is 6. The normalized spacial score (nSPS) is 17.1. The molecule has 0 bridgehead atoms. The number of hydrogen-bond donors (Lipinski definition) is 0. The highest BCUT2D eigenvalue weighted by Gasteiger charge is 2.37. The van der Waals surface area contributed by atoms with Crippen molar-refractivity contribution < 1.29 is 19.2 Å². The summed E-state index contributed by atoms with van der Waals surface area (Å²) in [6, 6.07) is 12.0. The van der Waals surface area contributed by atoms with E-state index in [1.165, 1.54) is 28.7 Å². The molecule has 31 heavy (non-hydrogen) atoms. The van der Waals surface area contributed by atoms with Crippen LogP contribution in [0.4, 0.5) is 5.69 Å². The Hall–Kier alpha value is -3.26. The lowest BCUT2D eigenvalue weighted by atomic mass is 9.93. The second-order valence-electron chi connectivity index (χ2n) is 8.11. The van der Waals surface area contributed by atoms with Crippen LogP contribution in [-0.4, -0.2) is 53.3 Å². The Bertz CT molecular complexity index is 997. The van der Waals surface area contributed by atoms with E-state index in [1.54, 1.807) is 7.11 Å². The minimum Gasteiger partial charge on any atom is -0.497 e. The van der Waals surface area contributed by atoms with E-state index in [4.69, 9.17) is 4.74 Å². The highest BCUT2D eigenvalue weighted by molar-refractivity contribution is 6.21. The molecule has 0 aromatic heterocycles. The molecule has 0 saturated carbocycles. The number of non-ortho nitro benzene ring substituents is 1. The van der Waals surface area contributed by atoms with Crippen molar-refractivity contribution in [1.29, 1.82) is 0 Å². The van der Waals surface area contributed by atoms with Gasteiger partial charge in [-0.05, 0) is 62.0 Å². The lowest BCUT2D eigenvalue weighted by molar-refractivity contribution is -0.384. The standard InChI is InChI=1S/C23H25N3O5/c1-31-19-5-2-17(3-6-19)15-24-11-8-16(9-12-24)10-13-25-22(27)20-7-4-18(26(29)30)14-21(20)23(25)28/h2-7,14,16H,8-13,15H2,1H3. The first kappa shape index (κ1) is 21.0. The van der Waals surface area contributed by atoms with Crippen LogP contribution in [0.25, 0.3) is 0 Å². The van der Waals surface area contributed by atoms with E-state index in [1.807, 2.05) is 12.1 Å². The summed E-state index contributed by atoms with van der Waals surface area (Å²) in [7, 11) is 1.66. The number of amides is 2. The number of carbonyl (C=O) groups excluding carboxylic acids is 2. The predicted octanol–water partition coefficient (Wildman–Crippen LogP) is 3.50. The summed E-state index contributed by atoms with van der Waals surface area (Å²) in [5.74, 6) is 0.517. The first-order chi connectivity index (χ1) is 15.0. The maximum absolute atomic E-state index is 12.6. The average molecular weight is 423 g/mol. The minimum atomic E-state index is -0.555. The Morgan fingerprint density at radius 2 is 1.71 bits per heavy atom. The van der Waals surface area contributed by atoms with Gasteiger partial charge in [0, 0.05) is 25.2 Å². The van der Waals surface area contributed by atoms with Crippen molar-refractivity contribution >= 4 is 17.5 Å². The van der Waals surface area contributed by atoms with E-state index >= 15 is 0 Å². The number of rotatable bonds is 7. The van der Waals surface area contributed by atoms with Crippen LogP contribution in [0.2, 0.25) is 0 Å². The molecule has 2 aromatic carbocycles. The third-order valence-corrected chi connectivity index (χ3v) is 6.20. The van der Waals surface area contributed by atoms with E-state index in [9.17, 15) is 19.7 Å². The second kappa shape index (κ2) is 8.85. The number of likely N-dealkylation sites (tertiary alicyclic amines) is 1. The first-order valence-electron chi connectivity index (χ1n) is 10.5. The van der Waals surface area contributed by atoms with Crippen LogP contribution in [-0.2, 0) is 6.54 Å². The van der Waals surface area contributed by atoms with E-state index in [0.29, 0.717) is 12.5 Å². The van der Waals surface area contributed by atoms with Gasteiger partial charge in [0.1, 0.15) is 5.75 Å². The molecule has 0 atom stereocenters. The van der Waals surface area contributed by atoms with Gasteiger partial charge in [0.15, 0.2) is 0 Å². The Balaban J connectivity index is 1.28. The van der Waals surface area contributed by atoms with Crippen LogP contribution in [0.5, 0.6) is 5.75 Å². The maximum Gasteiger partial charge on any atom is 0.270 e. The van der Waals surface area contributed by atoms with Crippen LogP contribution in [0.1, 0.15) is 45.5 Å². The van der Waals surface area contributed by atoms with Crippen LogP contribution in [0.15, 0.2) is 42.5 Å². The van der Waals surface area contributed by atoms with Crippen LogP contribution >= 0.6 is 0 Å². The van der Waals surface area contributed by atoms with Gasteiger partial charge in [0.2, 0.25) is 0 Å². The summed E-state index contributed by atoms with van der Waals surface area (Å²) in [6.07, 6.45) is 2.79. The molecule has 1 saturated heterocycles. The van der Waals surface area contributed by atoms with Gasteiger partial charge in [-0.15, -0.1) is 0 Å². The summed E-state index contributed by atoms with van der Waals surface area (Å²) in [5, 5.41) is 11.0. The monoisotopic (exact) mass is 423 g/mol. The summed E-state index contributed by atoms with van der Waals surface area (Å²) in [4.78, 5) is 39.3. The fourth-order valence-corrected chi connectivity index (χ4v) is 4.33. The van der Waals surface area contributed by atoms with Gasteiger partial charge < -0.3 is 4.74 Å². The van der Waals surface area contributed by atoms with Crippen molar-refractivity contribution in [2.24, 2.45) is 5.92 Å². The van der Waals surface area contributed by atoms with Gasteiger partial charge in [0.05, 0.1) is 23.2 Å². The van der Waals surface area contributed by atoms with E-state index < -0.39 is 10.8 Å². The molecule has 2 aliphatic heterocycles. The fourth-order valence-electron chi connectivity index (χ4n) is 4.33. The van der Waals surface area contributed by atoms with E-state index in [2.05, 4.69) is 17.0 Å². The van der Waals surface area contributed by atoms with Gasteiger partial charge in [-0.1, -0.05) is 12.1 Å². The number of methoxy groups -OCH3 is 1. The Kier molecular flexibility index (Phi) is 5.99. The number of benzene rings is 2. The maximum atomic E-state index is 12.6. The topological polar surface area (TPSA) is 93.0 Å². The van der Waals surface area contributed by atoms with Crippen LogP contribution in [0, 0.1) is 16.0 Å². The smallest absolute Gasteiger partial charge is 0.270 e. The number of nitro benzene ring substituents is 1. The highest BCUT2D eigenvalue weighted by atomic mass is 16.6. The summed E-state index contributed by atoms with van der Waals surface area (Å²) in [6.45, 7) is 3.20. The molecule has 162 valence electrons. The molecular weight excluding hydrogens is 398 g/mol. The van der Waals surface area contributed by atoms with Crippen molar-refractivity contribution in [2.45, 2.75) is 25.8 Å². The Labute approximate surface area is 180 Å². The molecule has 2 amide bonds. The minimum absolute atomic E-state index is 0.133. The largest absolute Gasteiger partial charge is 0.497 e. The molecule has 1 fully saturated rings. The molecule has 2 aromatic rings. The second-order valence-corrected chi connectivity index (χ2v) is 8.11. The Morgan fingerprint density at radius 3 is 2.35 bits per heavy atom. The van der Waals surface area contributed by atoms with Crippen molar-refractivity contribution in [3.63, 3.8) is 0 Å². The predicted molar refractivity (Wildman–Crippen MR) is 114 cm³/mol. The number of ether oxygens (including phenoxy) is 1. The molecular formula is C23H25N3O5. The van der Waals surface area contributed by atoms with Crippen molar-refractivity contribution in [1.82, 2.24) is 9.80 Å². The Morgan fingerprint density at radius 1 is 1.03 bits per heavy atom. The molecule has 0 unspecified atom stereocenters. The SMILES string of the molecule is COc1ccc(CN2CCC(CCN3C(=O)c4ccc([N+](=O)[O-])cc4C3=O)CC2)cc1. The first-order valence-corrected chi connectivity index (χ1v) is 10.5. The quantitative estimate of drug-likeness (QED) is 0.384. The molecule has 4 rings (SSSR count). The zero-order chi connectivity index (χ0) is 22.0. The summed E-state index contributed by atoms with van der Waals surface area (Å²) < 4.78 is 5.20. The summed E-state index contributed by atoms with van der Waals surface area (Å²) in [5.41, 5.74) is 1.46. The summed E-state index contributed by atoms with van der Waals surface area (Å²) >= 11 is 0. The number of carbonyl (C=O) groups is 2. The van der Waals surface area contributed by atoms with Gasteiger partial charge in [-0.3, -0.25) is 29.5 Å². The molecule has 0 radical (unpaired) electrons. The van der Waals surface area contributed by atoms with Crippen molar-refractivity contribution in [2.75, 3.05) is 26.7 Å². The number of fused-ring (bicyclic) bond motifs is 1. The zero-order valence-electron chi connectivity index (χ0n) is 17.5. The highest BCUT2D eigenvalue weighted by Crippen LogP contribution is 2.29. The van der Waals surface area contributed by atoms with Crippen LogP contribution < -0.4 is 4.74 Å². The van der Waals surface area contributed by atoms with Gasteiger partial charge in [-0.2, -0.15) is 0 Å². The fraction of sp³-hybridized carbons (Fsp3) is 0.391. The number of piperidine rings is 1. The molecule has 8 nitrogen and oxygen atoms in total. The number of nitro groups is 1. The molecule has 0 spiro atoms.